The lowest BCUT2D eigenvalue weighted by Gasteiger charge is -2.24. The number of alkyl halides is 1. The van der Waals surface area contributed by atoms with E-state index in [1.165, 1.54) is 24.1 Å². The first-order chi connectivity index (χ1) is 30.1. The molecule has 62 heavy (non-hydrogen) atoms. The molecule has 2 aliphatic heterocycles. The summed E-state index contributed by atoms with van der Waals surface area (Å²) in [5.74, 6) is -0.311. The average Bonchev–Trinajstić information content (AvgIpc) is 4.12. The molecule has 10 rings (SSSR count). The minimum Gasteiger partial charge on any atom is -0.346 e. The first kappa shape index (κ1) is 40.4. The molecule has 0 bridgehead atoms. The third kappa shape index (κ3) is 8.36. The molecule has 6 heterocycles. The van der Waals surface area contributed by atoms with Gasteiger partial charge in [0.25, 0.3) is 0 Å². The Balaban J connectivity index is 0.000000158. The predicted octanol–water partition coefficient (Wildman–Crippen LogP) is 10.6. The second kappa shape index (κ2) is 16.8. The third-order valence-corrected chi connectivity index (χ3v) is 12.3. The topological polar surface area (TPSA) is 107 Å². The van der Waals surface area contributed by atoms with Gasteiger partial charge in [-0.1, -0.05) is 61.0 Å². The molecule has 0 spiro atoms. The summed E-state index contributed by atoms with van der Waals surface area (Å²) in [5.41, 5.74) is 12.7. The van der Waals surface area contributed by atoms with E-state index < -0.39 is 5.67 Å². The van der Waals surface area contributed by atoms with E-state index in [0.717, 1.165) is 80.8 Å². The van der Waals surface area contributed by atoms with Gasteiger partial charge in [0, 0.05) is 54.3 Å². The molecule has 10 heteroatoms. The summed E-state index contributed by atoms with van der Waals surface area (Å²) < 4.78 is 32.9. The summed E-state index contributed by atoms with van der Waals surface area (Å²) in [7, 11) is 0. The SMILES string of the molecule is Cc1ccc(-c2nc3ccn(CC4(C)CCNC4)c3cc2-c2ccc(C#N)cc2)cc1.N#Cc1ccc(-c2cc3c(ccn3CC3(F)CCNC3)nc2-c2ccc(F)cc2)cc1. The van der Waals surface area contributed by atoms with E-state index in [4.69, 9.17) is 15.2 Å². The van der Waals surface area contributed by atoms with Gasteiger partial charge >= 0.3 is 0 Å². The van der Waals surface area contributed by atoms with Gasteiger partial charge in [-0.25, -0.2) is 18.7 Å². The van der Waals surface area contributed by atoms with Crippen LogP contribution in [-0.2, 0) is 13.1 Å². The van der Waals surface area contributed by atoms with Crippen molar-refractivity contribution in [3.8, 4) is 56.9 Å². The van der Waals surface area contributed by atoms with E-state index in [1.807, 2.05) is 59.3 Å². The second-order valence-corrected chi connectivity index (χ2v) is 17.0. The molecular weight excluding hydrogens is 775 g/mol. The van der Waals surface area contributed by atoms with Crippen LogP contribution in [0.3, 0.4) is 0 Å². The monoisotopic (exact) mass is 820 g/mol. The maximum atomic E-state index is 15.1. The highest BCUT2D eigenvalue weighted by Gasteiger charge is 2.34. The molecule has 0 radical (unpaired) electrons. The summed E-state index contributed by atoms with van der Waals surface area (Å²) in [5, 5.41) is 24.9. The van der Waals surface area contributed by atoms with Gasteiger partial charge in [0.2, 0.25) is 0 Å². The van der Waals surface area contributed by atoms with Gasteiger partial charge in [-0.05, 0) is 122 Å². The van der Waals surface area contributed by atoms with Crippen molar-refractivity contribution in [1.29, 1.82) is 10.5 Å². The number of nitrogens with one attached hydrogen (secondary N) is 2. The molecule has 8 aromatic rings. The van der Waals surface area contributed by atoms with Gasteiger partial charge in [0.1, 0.15) is 11.5 Å². The van der Waals surface area contributed by atoms with E-state index in [2.05, 4.69) is 83.8 Å². The van der Waals surface area contributed by atoms with E-state index in [9.17, 15) is 9.65 Å². The summed E-state index contributed by atoms with van der Waals surface area (Å²) in [6, 6.07) is 42.5. The fraction of sp³-hybridized carbons (Fsp3) is 0.231. The highest BCUT2D eigenvalue weighted by atomic mass is 19.1. The van der Waals surface area contributed by atoms with Crippen LogP contribution in [0.2, 0.25) is 0 Å². The fourth-order valence-corrected chi connectivity index (χ4v) is 8.71. The van der Waals surface area contributed by atoms with E-state index >= 15 is 4.39 Å². The second-order valence-electron chi connectivity index (χ2n) is 17.0. The highest BCUT2D eigenvalue weighted by Crippen LogP contribution is 2.37. The number of nitriles is 2. The van der Waals surface area contributed by atoms with Crippen molar-refractivity contribution >= 4 is 22.1 Å². The molecule has 4 aromatic heterocycles. The Morgan fingerprint density at radius 1 is 0.613 bits per heavy atom. The van der Waals surface area contributed by atoms with E-state index in [-0.39, 0.29) is 17.8 Å². The highest BCUT2D eigenvalue weighted by molar-refractivity contribution is 5.92. The van der Waals surface area contributed by atoms with Gasteiger partial charge in [0.15, 0.2) is 0 Å². The lowest BCUT2D eigenvalue weighted by atomic mass is 9.90. The van der Waals surface area contributed by atoms with Crippen LogP contribution >= 0.6 is 0 Å². The summed E-state index contributed by atoms with van der Waals surface area (Å²) in [6.07, 6.45) is 5.71. The summed E-state index contributed by atoms with van der Waals surface area (Å²) in [6.45, 7) is 8.84. The molecule has 0 saturated carbocycles. The van der Waals surface area contributed by atoms with Crippen LogP contribution in [0.15, 0.2) is 134 Å². The van der Waals surface area contributed by atoms with Crippen LogP contribution in [0.4, 0.5) is 8.78 Å². The van der Waals surface area contributed by atoms with Crippen molar-refractivity contribution in [3.63, 3.8) is 0 Å². The minimum absolute atomic E-state index is 0.258. The first-order valence-corrected chi connectivity index (χ1v) is 21.0. The lowest BCUT2D eigenvalue weighted by Crippen LogP contribution is -2.31. The standard InChI is InChI=1S/C27H26N4.C25H20F2N4/c1-19-3-7-22(8-4-19)26-23(21-9-5-20(16-28)6-10-21)15-25-24(30-26)11-14-31(25)18-27(2)12-13-29-17-27;26-20-7-5-19(6-8-20)24-21(18-3-1-17(14-28)2-4-18)13-23-22(30-24)9-12-31(23)16-25(27)10-11-29-15-25/h3-11,14-15,29H,12-13,17-18H2,1-2H3;1-9,12-13,29H,10-11,15-16H2. The number of hydrogen-bond acceptors (Lipinski definition) is 6. The van der Waals surface area contributed by atoms with Crippen molar-refractivity contribution < 1.29 is 8.78 Å². The maximum absolute atomic E-state index is 15.1. The molecule has 8 nitrogen and oxygen atoms in total. The van der Waals surface area contributed by atoms with Crippen LogP contribution in [0.25, 0.3) is 66.8 Å². The Labute approximate surface area is 360 Å². The summed E-state index contributed by atoms with van der Waals surface area (Å²) in [4.78, 5) is 9.98. The zero-order chi connectivity index (χ0) is 42.8. The quantitative estimate of drug-likeness (QED) is 0.158. The third-order valence-electron chi connectivity index (χ3n) is 12.3. The average molecular weight is 821 g/mol. The largest absolute Gasteiger partial charge is 0.346 e. The minimum atomic E-state index is -1.28. The van der Waals surface area contributed by atoms with Crippen LogP contribution in [-0.4, -0.2) is 50.9 Å². The number of fused-ring (bicyclic) bond motifs is 2. The van der Waals surface area contributed by atoms with E-state index in [0.29, 0.717) is 36.3 Å². The van der Waals surface area contributed by atoms with Gasteiger partial charge < -0.3 is 19.8 Å². The number of aromatic nitrogens is 4. The molecular formula is C52H46F2N8. The molecule has 2 aliphatic rings. The Morgan fingerprint density at radius 2 is 1.08 bits per heavy atom. The van der Waals surface area contributed by atoms with Gasteiger partial charge in [-0.3, -0.25) is 0 Å². The zero-order valence-electron chi connectivity index (χ0n) is 34.8. The Bertz CT molecular complexity index is 2750. The molecule has 4 aromatic carbocycles. The normalized spacial score (nSPS) is 18.4. The van der Waals surface area contributed by atoms with Crippen molar-refractivity contribution in [2.75, 3.05) is 26.2 Å². The van der Waals surface area contributed by atoms with Crippen LogP contribution < -0.4 is 10.6 Å². The van der Waals surface area contributed by atoms with Crippen LogP contribution in [0.1, 0.15) is 36.5 Å². The maximum Gasteiger partial charge on any atom is 0.142 e. The smallest absolute Gasteiger partial charge is 0.142 e. The number of benzene rings is 4. The summed E-state index contributed by atoms with van der Waals surface area (Å²) >= 11 is 0. The van der Waals surface area contributed by atoms with Gasteiger partial charge in [-0.2, -0.15) is 10.5 Å². The lowest BCUT2D eigenvalue weighted by molar-refractivity contribution is 0.164. The van der Waals surface area contributed by atoms with Gasteiger partial charge in [0.05, 0.1) is 63.3 Å². The number of halogens is 2. The Kier molecular flexibility index (Phi) is 11.0. The van der Waals surface area contributed by atoms with Crippen molar-refractivity contribution in [1.82, 2.24) is 29.7 Å². The predicted molar refractivity (Wildman–Crippen MR) is 242 cm³/mol. The molecule has 0 aliphatic carbocycles. The van der Waals surface area contributed by atoms with Crippen molar-refractivity contribution in [3.05, 3.63) is 156 Å². The molecule has 2 N–H and O–H groups in total. The van der Waals surface area contributed by atoms with Crippen molar-refractivity contribution in [2.45, 2.75) is 45.4 Å². The molecule has 2 atom stereocenters. The van der Waals surface area contributed by atoms with E-state index in [1.54, 1.807) is 24.3 Å². The fourth-order valence-electron chi connectivity index (χ4n) is 8.71. The van der Waals surface area contributed by atoms with Crippen LogP contribution in [0, 0.1) is 40.8 Å². The number of aryl methyl sites for hydroxylation is 1. The van der Waals surface area contributed by atoms with Crippen LogP contribution in [0.5, 0.6) is 0 Å². The Morgan fingerprint density at radius 3 is 1.55 bits per heavy atom. The van der Waals surface area contributed by atoms with Crippen molar-refractivity contribution in [2.24, 2.45) is 5.41 Å². The number of hydrogen-bond donors (Lipinski definition) is 2. The number of rotatable bonds is 8. The first-order valence-electron chi connectivity index (χ1n) is 21.0. The molecule has 2 saturated heterocycles. The number of nitrogens with zero attached hydrogens (tertiary/aromatic N) is 6. The van der Waals surface area contributed by atoms with Gasteiger partial charge in [-0.15, -0.1) is 0 Å². The molecule has 0 amide bonds. The Hall–Kier alpha value is -6.98. The molecule has 308 valence electrons. The zero-order valence-corrected chi connectivity index (χ0v) is 34.8. The number of pyridine rings is 2. The molecule has 2 unspecified atom stereocenters. The molecule has 2 fully saturated rings.